The van der Waals surface area contributed by atoms with Crippen molar-refractivity contribution < 1.29 is 37.6 Å². The smallest absolute Gasteiger partial charge is 0.478 e. The van der Waals surface area contributed by atoms with Gasteiger partial charge in [-0.3, -0.25) is 13.8 Å². The Morgan fingerprint density at radius 1 is 1.09 bits per heavy atom. The predicted octanol–water partition coefficient (Wildman–Crippen LogP) is 2.90. The summed E-state index contributed by atoms with van der Waals surface area (Å²) in [5, 5.41) is 10.7. The van der Waals surface area contributed by atoms with Crippen LogP contribution in [0.25, 0.3) is 0 Å². The van der Waals surface area contributed by atoms with Crippen LogP contribution in [0.1, 0.15) is 48.5 Å². The number of alkyl carbamates (subject to hydrolysis) is 1. The second-order valence-electron chi connectivity index (χ2n) is 6.74. The van der Waals surface area contributed by atoms with Gasteiger partial charge in [0.15, 0.2) is 0 Å². The Labute approximate surface area is 136 Å². The maximum atomic E-state index is 12.6. The lowest BCUT2D eigenvalue weighted by molar-refractivity contribution is -0.139. The lowest BCUT2D eigenvalue weighted by Gasteiger charge is -2.30. The van der Waals surface area contributed by atoms with E-state index in [0.717, 1.165) is 0 Å². The third-order valence-corrected chi connectivity index (χ3v) is 3.84. The topological polar surface area (TPSA) is 120 Å². The highest BCUT2D eigenvalue weighted by Crippen LogP contribution is 2.55. The van der Waals surface area contributed by atoms with Crippen molar-refractivity contribution in [1.82, 2.24) is 5.32 Å². The van der Waals surface area contributed by atoms with E-state index in [9.17, 15) is 14.2 Å². The van der Waals surface area contributed by atoms with Gasteiger partial charge in [-0.2, -0.15) is 0 Å². The van der Waals surface area contributed by atoms with Crippen LogP contribution in [0.5, 0.6) is 0 Å². The van der Waals surface area contributed by atoms with Crippen molar-refractivity contribution in [3.63, 3.8) is 0 Å². The first-order valence-corrected chi connectivity index (χ1v) is 8.42. The van der Waals surface area contributed by atoms with Gasteiger partial charge in [0.25, 0.3) is 0 Å². The second-order valence-corrected chi connectivity index (χ2v) is 8.26. The van der Waals surface area contributed by atoms with Gasteiger partial charge in [-0.1, -0.05) is 0 Å². The Kier molecular flexibility index (Phi) is 7.69. The molecule has 0 heterocycles. The van der Waals surface area contributed by atoms with Crippen LogP contribution in [-0.4, -0.2) is 41.2 Å². The van der Waals surface area contributed by atoms with Gasteiger partial charge in [0, 0.05) is 0 Å². The maximum Gasteiger partial charge on any atom is 0.478 e. The van der Waals surface area contributed by atoms with Crippen LogP contribution in [0.4, 0.5) is 4.79 Å². The van der Waals surface area contributed by atoms with E-state index in [4.69, 9.17) is 18.7 Å². The molecule has 0 fully saturated rings. The van der Waals surface area contributed by atoms with Crippen molar-refractivity contribution in [1.29, 1.82) is 0 Å². The van der Waals surface area contributed by atoms with E-state index >= 15 is 0 Å². The Bertz CT molecular complexity index is 446. The number of phosphoric acid groups is 1. The molecule has 0 spiro atoms. The summed E-state index contributed by atoms with van der Waals surface area (Å²) in [5.41, 5.74) is -1.64. The number of carbonyl (C=O) groups excluding carboxylic acids is 1. The summed E-state index contributed by atoms with van der Waals surface area (Å²) in [6, 6.07) is -1.13. The molecule has 0 radical (unpaired) electrons. The third kappa shape index (κ3) is 11.1. The summed E-state index contributed by atoms with van der Waals surface area (Å²) in [7, 11) is -3.99. The second kappa shape index (κ2) is 8.10. The maximum absolute atomic E-state index is 12.6. The number of carbonyl (C=O) groups is 2. The van der Waals surface area contributed by atoms with E-state index in [1.807, 2.05) is 0 Å². The molecule has 2 N–H and O–H groups in total. The van der Waals surface area contributed by atoms with E-state index in [2.05, 4.69) is 10.1 Å². The number of rotatable bonds is 7. The molecular weight excluding hydrogens is 329 g/mol. The standard InChI is InChI=1S/C13H26NO8P/c1-9(10(15)16)14-11(17)19-8-20-23(18,21-12(2,3)4)22-13(5,6)7/h9H,8H2,1-7H3,(H,14,17)(H,15,16)/t9-/m0/s1. The number of carboxylic acid groups (broad SMARTS) is 1. The van der Waals surface area contributed by atoms with Crippen LogP contribution in [-0.2, 0) is 27.7 Å². The number of carboxylic acids is 1. The molecule has 23 heavy (non-hydrogen) atoms. The molecule has 0 aromatic heterocycles. The van der Waals surface area contributed by atoms with Crippen molar-refractivity contribution >= 4 is 19.9 Å². The summed E-state index contributed by atoms with van der Waals surface area (Å²) in [6.07, 6.45) is -1.03. The molecule has 0 aliphatic heterocycles. The molecule has 136 valence electrons. The molecule has 0 saturated heterocycles. The first-order chi connectivity index (χ1) is 10.1. The quantitative estimate of drug-likeness (QED) is 0.528. The third-order valence-electron chi connectivity index (χ3n) is 1.88. The predicted molar refractivity (Wildman–Crippen MR) is 81.9 cm³/mol. The summed E-state index contributed by atoms with van der Waals surface area (Å²) in [6.45, 7) is 10.5. The molecule has 0 aliphatic carbocycles. The minimum absolute atomic E-state index is 0.721. The van der Waals surface area contributed by atoms with E-state index in [-0.39, 0.29) is 0 Å². The van der Waals surface area contributed by atoms with Gasteiger partial charge >= 0.3 is 19.9 Å². The van der Waals surface area contributed by atoms with Crippen molar-refractivity contribution in [2.45, 2.75) is 65.7 Å². The number of nitrogens with one attached hydrogen (secondary N) is 1. The normalized spacial score (nSPS) is 14.2. The van der Waals surface area contributed by atoms with Gasteiger partial charge < -0.3 is 15.2 Å². The van der Waals surface area contributed by atoms with Gasteiger partial charge in [0.2, 0.25) is 6.79 Å². The van der Waals surface area contributed by atoms with Crippen molar-refractivity contribution in [3.8, 4) is 0 Å². The average molecular weight is 355 g/mol. The van der Waals surface area contributed by atoms with Gasteiger partial charge in [-0.15, -0.1) is 0 Å². The highest BCUT2D eigenvalue weighted by atomic mass is 31.2. The molecule has 0 aliphatic rings. The first-order valence-electron chi connectivity index (χ1n) is 6.96. The lowest BCUT2D eigenvalue weighted by atomic mass is 10.2. The summed E-state index contributed by atoms with van der Waals surface area (Å²) < 4.78 is 32.8. The van der Waals surface area contributed by atoms with Gasteiger partial charge in [0.1, 0.15) is 6.04 Å². The molecule has 0 aromatic rings. The van der Waals surface area contributed by atoms with Crippen LogP contribution in [0.15, 0.2) is 0 Å². The highest BCUT2D eigenvalue weighted by Gasteiger charge is 2.37. The minimum Gasteiger partial charge on any atom is -0.480 e. The zero-order chi connectivity index (χ0) is 18.5. The SMILES string of the molecule is C[C@H](NC(=O)OCOP(=O)(OC(C)(C)C)OC(C)(C)C)C(=O)O. The number of hydrogen-bond acceptors (Lipinski definition) is 7. The zero-order valence-electron chi connectivity index (χ0n) is 14.5. The van der Waals surface area contributed by atoms with Crippen LogP contribution in [0.2, 0.25) is 0 Å². The van der Waals surface area contributed by atoms with E-state index in [1.165, 1.54) is 6.92 Å². The molecule has 1 atom stereocenters. The molecular formula is C13H26NO8P. The van der Waals surface area contributed by atoms with E-state index < -0.39 is 43.9 Å². The number of hydrogen-bond donors (Lipinski definition) is 2. The van der Waals surface area contributed by atoms with Crippen LogP contribution in [0.3, 0.4) is 0 Å². The number of aliphatic carboxylic acids is 1. The Hall–Kier alpha value is -1.15. The largest absolute Gasteiger partial charge is 0.480 e. The molecule has 0 bridgehead atoms. The molecule has 1 amide bonds. The Morgan fingerprint density at radius 3 is 1.87 bits per heavy atom. The first kappa shape index (κ1) is 21.9. The fraction of sp³-hybridized carbons (Fsp3) is 0.846. The average Bonchev–Trinajstić information content (AvgIpc) is 2.22. The monoisotopic (exact) mass is 355 g/mol. The highest BCUT2D eigenvalue weighted by molar-refractivity contribution is 7.48. The minimum atomic E-state index is -3.99. The van der Waals surface area contributed by atoms with E-state index in [1.54, 1.807) is 41.5 Å². The van der Waals surface area contributed by atoms with Crippen molar-refractivity contribution in [2.24, 2.45) is 0 Å². The van der Waals surface area contributed by atoms with Crippen molar-refractivity contribution in [2.75, 3.05) is 6.79 Å². The van der Waals surface area contributed by atoms with Crippen LogP contribution < -0.4 is 5.32 Å². The van der Waals surface area contributed by atoms with Crippen LogP contribution >= 0.6 is 7.82 Å². The van der Waals surface area contributed by atoms with Gasteiger partial charge in [0.05, 0.1) is 11.2 Å². The zero-order valence-corrected chi connectivity index (χ0v) is 15.4. The Balaban J connectivity index is 4.66. The molecule has 0 rings (SSSR count). The molecule has 0 unspecified atom stereocenters. The Morgan fingerprint density at radius 2 is 1.52 bits per heavy atom. The molecule has 0 aromatic carbocycles. The molecule has 0 saturated carbocycles. The summed E-state index contributed by atoms with van der Waals surface area (Å²) in [5.74, 6) is -1.22. The molecule has 10 heteroatoms. The van der Waals surface area contributed by atoms with Crippen LogP contribution in [0, 0.1) is 0 Å². The fourth-order valence-electron chi connectivity index (χ4n) is 1.17. The number of amides is 1. The van der Waals surface area contributed by atoms with Gasteiger partial charge in [-0.05, 0) is 48.5 Å². The van der Waals surface area contributed by atoms with Gasteiger partial charge in [-0.25, -0.2) is 13.9 Å². The fourth-order valence-corrected chi connectivity index (χ4v) is 2.83. The summed E-state index contributed by atoms with van der Waals surface area (Å²) >= 11 is 0. The number of phosphoric ester groups is 1. The number of ether oxygens (including phenoxy) is 1. The van der Waals surface area contributed by atoms with Crippen molar-refractivity contribution in [3.05, 3.63) is 0 Å². The lowest BCUT2D eigenvalue weighted by Crippen LogP contribution is -2.38. The summed E-state index contributed by atoms with van der Waals surface area (Å²) in [4.78, 5) is 22.0. The molecule has 9 nitrogen and oxygen atoms in total. The van der Waals surface area contributed by atoms with E-state index in [0.29, 0.717) is 0 Å².